The molecule has 3 amide bonds. The number of nitrogens with one attached hydrogen (secondary N) is 2. The lowest BCUT2D eigenvalue weighted by Crippen LogP contribution is -2.51. The first-order valence-corrected chi connectivity index (χ1v) is 12.0. The number of nitrogen functional groups attached to an aromatic ring is 1. The molecule has 188 valence electrons. The monoisotopic (exact) mass is 491 g/mol. The Balaban J connectivity index is 1.63. The van der Waals surface area contributed by atoms with Crippen LogP contribution in [0.3, 0.4) is 0 Å². The van der Waals surface area contributed by atoms with Crippen molar-refractivity contribution in [2.24, 2.45) is 5.73 Å². The molecule has 4 rings (SSSR count). The van der Waals surface area contributed by atoms with Crippen LogP contribution in [-0.4, -0.2) is 52.2 Å². The number of carbonyl (C=O) groups excluding carboxylic acids is 3. The molecule has 0 aromatic heterocycles. The van der Waals surface area contributed by atoms with E-state index in [-0.39, 0.29) is 42.7 Å². The molecule has 10 nitrogen and oxygen atoms in total. The van der Waals surface area contributed by atoms with Crippen molar-refractivity contribution in [2.45, 2.75) is 51.0 Å². The van der Waals surface area contributed by atoms with Crippen molar-refractivity contribution in [3.05, 3.63) is 64.7 Å². The quantitative estimate of drug-likeness (QED) is 0.344. The summed E-state index contributed by atoms with van der Waals surface area (Å²) in [6.45, 7) is -0.328. The maximum absolute atomic E-state index is 13.4. The fraction of sp³-hybridized carbons (Fsp3) is 0.346. The first-order chi connectivity index (χ1) is 17.3. The average molecular weight is 492 g/mol. The summed E-state index contributed by atoms with van der Waals surface area (Å²) >= 11 is 0. The number of benzene rings is 2. The van der Waals surface area contributed by atoms with Crippen molar-refractivity contribution < 1.29 is 24.3 Å². The third kappa shape index (κ3) is 5.22. The van der Waals surface area contributed by atoms with E-state index in [0.29, 0.717) is 22.4 Å². The van der Waals surface area contributed by atoms with Gasteiger partial charge in [-0.2, -0.15) is 0 Å². The second kappa shape index (κ2) is 10.6. The molecular weight excluding hydrogens is 462 g/mol. The molecule has 5 N–H and O–H groups in total. The van der Waals surface area contributed by atoms with Gasteiger partial charge in [-0.3, -0.25) is 30.0 Å². The van der Waals surface area contributed by atoms with Crippen molar-refractivity contribution in [3.63, 3.8) is 0 Å². The third-order valence-electron chi connectivity index (χ3n) is 6.65. The topological polar surface area (TPSA) is 157 Å². The highest BCUT2D eigenvalue weighted by Gasteiger charge is 2.36. The Hall–Kier alpha value is -4.21. The standard InChI is InChI=1S/C26H29N5O5/c27-24(28)17-10-12-19(16(14-17)11-13-23(33)34)25(35)29-30-15-22(32)31(18-6-2-1-3-7-18)21-9-5-4-8-20(21)26(30)36/h4-5,8-10,12,14,18H,1-3,6-7,11,13,15H2,(H3,27,28)(H,29,35)(H,33,34). The number of anilines is 1. The van der Waals surface area contributed by atoms with Crippen LogP contribution in [0.4, 0.5) is 5.69 Å². The number of hydrogen-bond acceptors (Lipinski definition) is 5. The van der Waals surface area contributed by atoms with E-state index in [0.717, 1.165) is 37.1 Å². The summed E-state index contributed by atoms with van der Waals surface area (Å²) in [7, 11) is 0. The number of hydrogen-bond donors (Lipinski definition) is 4. The number of carbonyl (C=O) groups is 4. The van der Waals surface area contributed by atoms with Crippen molar-refractivity contribution in [1.29, 1.82) is 5.41 Å². The number of para-hydroxylation sites is 1. The Morgan fingerprint density at radius 2 is 1.81 bits per heavy atom. The number of amidine groups is 1. The summed E-state index contributed by atoms with van der Waals surface area (Å²) in [6.07, 6.45) is 4.66. The Kier molecular flexibility index (Phi) is 7.33. The SMILES string of the molecule is N=C(N)c1ccc(C(=O)NN2CC(=O)N(C3CCCCC3)c3ccccc3C2=O)c(CCC(=O)O)c1. The van der Waals surface area contributed by atoms with Crippen LogP contribution in [0.15, 0.2) is 42.5 Å². The van der Waals surface area contributed by atoms with Gasteiger partial charge in [0.2, 0.25) is 5.91 Å². The van der Waals surface area contributed by atoms with Crippen LogP contribution >= 0.6 is 0 Å². The molecule has 0 bridgehead atoms. The fourth-order valence-corrected chi connectivity index (χ4v) is 4.87. The van der Waals surface area contributed by atoms with Crippen LogP contribution in [0, 0.1) is 5.41 Å². The lowest BCUT2D eigenvalue weighted by molar-refractivity contribution is -0.137. The van der Waals surface area contributed by atoms with Gasteiger partial charge in [0, 0.05) is 23.6 Å². The van der Waals surface area contributed by atoms with Crippen LogP contribution in [0.1, 0.15) is 70.4 Å². The maximum Gasteiger partial charge on any atom is 0.303 e. The van der Waals surface area contributed by atoms with Crippen LogP contribution in [0.2, 0.25) is 0 Å². The number of hydrazine groups is 1. The summed E-state index contributed by atoms with van der Waals surface area (Å²) in [5, 5.41) is 17.8. The maximum atomic E-state index is 13.4. The summed E-state index contributed by atoms with van der Waals surface area (Å²) in [4.78, 5) is 52.9. The van der Waals surface area contributed by atoms with Gasteiger partial charge in [-0.25, -0.2) is 5.01 Å². The highest BCUT2D eigenvalue weighted by atomic mass is 16.4. The number of nitrogens with two attached hydrogens (primary N) is 1. The smallest absolute Gasteiger partial charge is 0.303 e. The molecule has 0 radical (unpaired) electrons. The number of rotatable bonds is 7. The van der Waals surface area contributed by atoms with Gasteiger partial charge in [0.05, 0.1) is 11.3 Å². The van der Waals surface area contributed by atoms with Gasteiger partial charge in [0.15, 0.2) is 0 Å². The van der Waals surface area contributed by atoms with E-state index in [1.165, 1.54) is 18.2 Å². The Bertz CT molecular complexity index is 1220. The molecule has 0 spiro atoms. The summed E-state index contributed by atoms with van der Waals surface area (Å²) < 4.78 is 0. The minimum Gasteiger partial charge on any atom is -0.481 e. The predicted molar refractivity (Wildman–Crippen MR) is 133 cm³/mol. The van der Waals surface area contributed by atoms with Crippen molar-refractivity contribution in [1.82, 2.24) is 10.4 Å². The van der Waals surface area contributed by atoms with Gasteiger partial charge >= 0.3 is 5.97 Å². The van der Waals surface area contributed by atoms with E-state index in [4.69, 9.17) is 16.2 Å². The van der Waals surface area contributed by atoms with Crippen LogP contribution < -0.4 is 16.1 Å². The van der Waals surface area contributed by atoms with Gasteiger partial charge < -0.3 is 15.7 Å². The largest absolute Gasteiger partial charge is 0.481 e. The van der Waals surface area contributed by atoms with Crippen LogP contribution in [0.5, 0.6) is 0 Å². The average Bonchev–Trinajstić information content (AvgIpc) is 2.97. The second-order valence-electron chi connectivity index (χ2n) is 9.08. The Morgan fingerprint density at radius 1 is 1.08 bits per heavy atom. The Labute approximate surface area is 208 Å². The molecule has 2 aromatic carbocycles. The van der Waals surface area contributed by atoms with Gasteiger partial charge in [0.25, 0.3) is 11.8 Å². The zero-order valence-corrected chi connectivity index (χ0v) is 19.8. The molecule has 0 unspecified atom stereocenters. The number of carboxylic acids is 1. The van der Waals surface area contributed by atoms with E-state index in [1.807, 2.05) is 0 Å². The van der Waals surface area contributed by atoms with Crippen molar-refractivity contribution >= 4 is 35.2 Å². The van der Waals surface area contributed by atoms with Gasteiger partial charge in [-0.15, -0.1) is 0 Å². The van der Waals surface area contributed by atoms with Crippen LogP contribution in [-0.2, 0) is 16.0 Å². The van der Waals surface area contributed by atoms with E-state index in [1.54, 1.807) is 29.2 Å². The summed E-state index contributed by atoms with van der Waals surface area (Å²) in [6, 6.07) is 11.3. The number of aliphatic carboxylic acids is 1. The molecule has 36 heavy (non-hydrogen) atoms. The number of nitrogens with zero attached hydrogens (tertiary/aromatic N) is 2. The highest BCUT2D eigenvalue weighted by molar-refractivity contribution is 6.11. The number of amides is 3. The van der Waals surface area contributed by atoms with Gasteiger partial charge in [-0.1, -0.05) is 37.5 Å². The molecule has 1 heterocycles. The molecule has 1 saturated carbocycles. The Morgan fingerprint density at radius 3 is 2.50 bits per heavy atom. The zero-order valence-electron chi connectivity index (χ0n) is 19.8. The predicted octanol–water partition coefficient (Wildman–Crippen LogP) is 2.45. The number of fused-ring (bicyclic) bond motifs is 1. The highest BCUT2D eigenvalue weighted by Crippen LogP contribution is 2.32. The van der Waals surface area contributed by atoms with Crippen molar-refractivity contribution in [2.75, 3.05) is 11.4 Å². The third-order valence-corrected chi connectivity index (χ3v) is 6.65. The lowest BCUT2D eigenvalue weighted by Gasteiger charge is -2.34. The summed E-state index contributed by atoms with van der Waals surface area (Å²) in [5.74, 6) is -2.69. The zero-order chi connectivity index (χ0) is 25.8. The minimum atomic E-state index is -1.04. The van der Waals surface area contributed by atoms with E-state index < -0.39 is 17.8 Å². The first kappa shape index (κ1) is 24.9. The number of aryl methyl sites for hydroxylation is 1. The fourth-order valence-electron chi connectivity index (χ4n) is 4.87. The summed E-state index contributed by atoms with van der Waals surface area (Å²) in [5.41, 5.74) is 9.86. The van der Waals surface area contributed by atoms with E-state index in [9.17, 15) is 19.2 Å². The minimum absolute atomic E-state index is 0.00222. The molecule has 1 aliphatic carbocycles. The molecule has 2 aromatic rings. The molecular formula is C26H29N5O5. The van der Waals surface area contributed by atoms with Gasteiger partial charge in [0.1, 0.15) is 12.4 Å². The van der Waals surface area contributed by atoms with Crippen molar-refractivity contribution in [3.8, 4) is 0 Å². The van der Waals surface area contributed by atoms with Crippen LogP contribution in [0.25, 0.3) is 0 Å². The molecule has 2 aliphatic rings. The molecule has 10 heteroatoms. The van der Waals surface area contributed by atoms with E-state index >= 15 is 0 Å². The van der Waals surface area contributed by atoms with Gasteiger partial charge in [-0.05, 0) is 49.1 Å². The molecule has 0 saturated heterocycles. The second-order valence-corrected chi connectivity index (χ2v) is 9.08. The molecule has 0 atom stereocenters. The molecule has 1 aliphatic heterocycles. The van der Waals surface area contributed by atoms with E-state index in [2.05, 4.69) is 5.43 Å². The molecule has 1 fully saturated rings. The first-order valence-electron chi connectivity index (χ1n) is 12.0. The lowest BCUT2D eigenvalue weighted by atomic mass is 9.93. The number of carboxylic acid groups (broad SMARTS) is 1. The normalized spacial score (nSPS) is 16.3.